The summed E-state index contributed by atoms with van der Waals surface area (Å²) in [5.74, 6) is 2.06. The van der Waals surface area contributed by atoms with Crippen molar-refractivity contribution in [3.05, 3.63) is 59.7 Å². The lowest BCUT2D eigenvalue weighted by atomic mass is 9.99. The Bertz CT molecular complexity index is 1100. The van der Waals surface area contributed by atoms with Crippen LogP contribution in [0, 0.1) is 18.3 Å². The average molecular weight is 494 g/mol. The van der Waals surface area contributed by atoms with E-state index in [-0.39, 0.29) is 5.92 Å². The van der Waals surface area contributed by atoms with Crippen LogP contribution in [0.5, 0.6) is 5.75 Å². The quantitative estimate of drug-likeness (QED) is 0.533. The van der Waals surface area contributed by atoms with Crippen LogP contribution >= 0.6 is 0 Å². The number of hydrogen-bond acceptors (Lipinski definition) is 5. The van der Waals surface area contributed by atoms with Gasteiger partial charge in [-0.1, -0.05) is 31.9 Å². The maximum absolute atomic E-state index is 13.6. The molecule has 36 heavy (non-hydrogen) atoms. The highest BCUT2D eigenvalue weighted by atomic mass is 16.6. The van der Waals surface area contributed by atoms with Gasteiger partial charge in [0.2, 0.25) is 5.91 Å². The molecule has 0 spiro atoms. The van der Waals surface area contributed by atoms with Gasteiger partial charge in [0.1, 0.15) is 23.4 Å². The van der Waals surface area contributed by atoms with Crippen LogP contribution in [0.15, 0.2) is 48.5 Å². The van der Waals surface area contributed by atoms with Gasteiger partial charge in [-0.3, -0.25) is 9.59 Å². The molecule has 0 saturated heterocycles. The first-order valence-corrected chi connectivity index (χ1v) is 11.6. The lowest BCUT2D eigenvalue weighted by molar-refractivity contribution is -0.140. The molecular weight excluding hydrogens is 458 g/mol. The summed E-state index contributed by atoms with van der Waals surface area (Å²) in [7, 11) is 3.09. The standard InChI is InChI=1S/C28H35N3O5/c1-9-19-10-12-20(13-11-19)24(25(32)29-21-14-16-22(35-8)17-15-21)31(7)26(33)23(18(2)3)30-27(34)36-28(4,5)6/h1,10-18,23-24H,2-8H3,(H,29,32)(H,30,34). The predicted molar refractivity (Wildman–Crippen MR) is 140 cm³/mol. The summed E-state index contributed by atoms with van der Waals surface area (Å²) in [6.45, 7) is 8.84. The molecular formula is C28H35N3O5. The Balaban J connectivity index is 2.37. The van der Waals surface area contributed by atoms with Gasteiger partial charge in [-0.25, -0.2) is 4.79 Å². The Labute approximate surface area is 213 Å². The van der Waals surface area contributed by atoms with Gasteiger partial charge in [0.15, 0.2) is 0 Å². The molecule has 0 aliphatic carbocycles. The molecule has 0 aliphatic heterocycles. The summed E-state index contributed by atoms with van der Waals surface area (Å²) in [4.78, 5) is 40.8. The zero-order valence-electron chi connectivity index (χ0n) is 21.9. The van der Waals surface area contributed by atoms with Crippen molar-refractivity contribution in [2.75, 3.05) is 19.5 Å². The van der Waals surface area contributed by atoms with Gasteiger partial charge < -0.3 is 25.0 Å². The van der Waals surface area contributed by atoms with Gasteiger partial charge >= 0.3 is 6.09 Å². The van der Waals surface area contributed by atoms with E-state index >= 15 is 0 Å². The van der Waals surface area contributed by atoms with Crippen molar-refractivity contribution in [3.63, 3.8) is 0 Å². The van der Waals surface area contributed by atoms with Gasteiger partial charge in [0, 0.05) is 18.3 Å². The minimum Gasteiger partial charge on any atom is -0.497 e. The van der Waals surface area contributed by atoms with E-state index in [0.29, 0.717) is 22.6 Å². The van der Waals surface area contributed by atoms with E-state index in [1.54, 1.807) is 76.4 Å². The zero-order chi connectivity index (χ0) is 27.0. The minimum absolute atomic E-state index is 0.262. The van der Waals surface area contributed by atoms with Crippen LogP contribution in [0.2, 0.25) is 0 Å². The Hall–Kier alpha value is -3.99. The van der Waals surface area contributed by atoms with E-state index in [4.69, 9.17) is 15.9 Å². The topological polar surface area (TPSA) is 97.0 Å². The number of likely N-dealkylation sites (N-methyl/N-ethyl adjacent to an activating group) is 1. The first-order valence-electron chi connectivity index (χ1n) is 11.6. The first-order chi connectivity index (χ1) is 16.9. The number of hydrogen-bond donors (Lipinski definition) is 2. The first kappa shape index (κ1) is 28.2. The molecule has 3 amide bonds. The molecule has 0 radical (unpaired) electrons. The summed E-state index contributed by atoms with van der Waals surface area (Å²) in [6, 6.07) is 11.8. The van der Waals surface area contributed by atoms with Crippen LogP contribution < -0.4 is 15.4 Å². The SMILES string of the molecule is C#Cc1ccc(C(C(=O)Nc2ccc(OC)cc2)N(C)C(=O)C(NC(=O)OC(C)(C)C)C(C)C)cc1. The molecule has 0 bridgehead atoms. The summed E-state index contributed by atoms with van der Waals surface area (Å²) < 4.78 is 10.5. The summed E-state index contributed by atoms with van der Waals surface area (Å²) >= 11 is 0. The molecule has 8 nitrogen and oxygen atoms in total. The third-order valence-electron chi connectivity index (χ3n) is 5.34. The van der Waals surface area contributed by atoms with E-state index in [2.05, 4.69) is 16.6 Å². The number of terminal acetylenes is 1. The third kappa shape index (κ3) is 7.77. The van der Waals surface area contributed by atoms with Gasteiger partial charge in [-0.2, -0.15) is 0 Å². The smallest absolute Gasteiger partial charge is 0.408 e. The van der Waals surface area contributed by atoms with Crippen molar-refractivity contribution in [3.8, 4) is 18.1 Å². The van der Waals surface area contributed by atoms with E-state index in [9.17, 15) is 14.4 Å². The Morgan fingerprint density at radius 3 is 2.06 bits per heavy atom. The predicted octanol–water partition coefficient (Wildman–Crippen LogP) is 4.36. The molecule has 2 rings (SSSR count). The highest BCUT2D eigenvalue weighted by Crippen LogP contribution is 2.25. The van der Waals surface area contributed by atoms with Crippen molar-refractivity contribution < 1.29 is 23.9 Å². The van der Waals surface area contributed by atoms with E-state index in [1.165, 1.54) is 11.9 Å². The second-order valence-electron chi connectivity index (χ2n) is 9.70. The Morgan fingerprint density at radius 1 is 1.00 bits per heavy atom. The number of anilines is 1. The highest BCUT2D eigenvalue weighted by Gasteiger charge is 2.35. The third-order valence-corrected chi connectivity index (χ3v) is 5.34. The largest absolute Gasteiger partial charge is 0.497 e. The number of nitrogens with zero attached hydrogens (tertiary/aromatic N) is 1. The van der Waals surface area contributed by atoms with Gasteiger partial charge in [0.05, 0.1) is 7.11 Å². The number of nitrogens with one attached hydrogen (secondary N) is 2. The maximum Gasteiger partial charge on any atom is 0.408 e. The second kappa shape index (κ2) is 12.1. The lowest BCUT2D eigenvalue weighted by Gasteiger charge is -2.33. The van der Waals surface area contributed by atoms with E-state index < -0.39 is 35.6 Å². The molecule has 192 valence electrons. The highest BCUT2D eigenvalue weighted by molar-refractivity contribution is 5.99. The number of methoxy groups -OCH3 is 1. The summed E-state index contributed by atoms with van der Waals surface area (Å²) in [5, 5.41) is 5.51. The number of ether oxygens (including phenoxy) is 2. The molecule has 0 heterocycles. The van der Waals surface area contributed by atoms with Crippen LogP contribution in [-0.4, -0.2) is 48.6 Å². The summed E-state index contributed by atoms with van der Waals surface area (Å²) in [6.07, 6.45) is 4.77. The molecule has 0 aromatic heterocycles. The number of alkyl carbamates (subject to hydrolysis) is 1. The van der Waals surface area contributed by atoms with Crippen LogP contribution in [0.25, 0.3) is 0 Å². The fourth-order valence-corrected chi connectivity index (χ4v) is 3.49. The van der Waals surface area contributed by atoms with Crippen LogP contribution in [-0.2, 0) is 14.3 Å². The zero-order valence-corrected chi connectivity index (χ0v) is 21.9. The van der Waals surface area contributed by atoms with Crippen LogP contribution in [0.1, 0.15) is 51.8 Å². The van der Waals surface area contributed by atoms with Gasteiger partial charge in [-0.05, 0) is 68.7 Å². The molecule has 2 aromatic carbocycles. The minimum atomic E-state index is -0.992. The van der Waals surface area contributed by atoms with E-state index in [0.717, 1.165) is 0 Å². The number of amides is 3. The number of carbonyl (C=O) groups excluding carboxylic acids is 3. The van der Waals surface area contributed by atoms with Crippen LogP contribution in [0.4, 0.5) is 10.5 Å². The molecule has 8 heteroatoms. The fraction of sp³-hybridized carbons (Fsp3) is 0.393. The molecule has 2 aromatic rings. The fourth-order valence-electron chi connectivity index (χ4n) is 3.49. The second-order valence-corrected chi connectivity index (χ2v) is 9.70. The van der Waals surface area contributed by atoms with Crippen molar-refractivity contribution >= 4 is 23.6 Å². The Kier molecular flexibility index (Phi) is 9.51. The summed E-state index contributed by atoms with van der Waals surface area (Å²) in [5.41, 5.74) is 1.03. The molecule has 0 aliphatic rings. The molecule has 2 N–H and O–H groups in total. The van der Waals surface area contributed by atoms with E-state index in [1.807, 2.05) is 13.8 Å². The number of benzene rings is 2. The van der Waals surface area contributed by atoms with Crippen molar-refractivity contribution in [1.29, 1.82) is 0 Å². The van der Waals surface area contributed by atoms with Crippen LogP contribution in [0.3, 0.4) is 0 Å². The number of rotatable bonds is 8. The lowest BCUT2D eigenvalue weighted by Crippen LogP contribution is -2.53. The normalized spacial score (nSPS) is 12.6. The number of carbonyl (C=O) groups is 3. The average Bonchev–Trinajstić information content (AvgIpc) is 2.81. The van der Waals surface area contributed by atoms with Gasteiger partial charge in [0.25, 0.3) is 5.91 Å². The van der Waals surface area contributed by atoms with Crippen molar-refractivity contribution in [1.82, 2.24) is 10.2 Å². The monoisotopic (exact) mass is 493 g/mol. The van der Waals surface area contributed by atoms with Crippen molar-refractivity contribution in [2.24, 2.45) is 5.92 Å². The maximum atomic E-state index is 13.6. The Morgan fingerprint density at radius 2 is 1.58 bits per heavy atom. The van der Waals surface area contributed by atoms with Crippen molar-refractivity contribution in [2.45, 2.75) is 52.3 Å². The molecule has 2 atom stereocenters. The molecule has 2 unspecified atom stereocenters. The van der Waals surface area contributed by atoms with Gasteiger partial charge in [-0.15, -0.1) is 6.42 Å². The molecule has 0 saturated carbocycles. The molecule has 0 fully saturated rings.